The van der Waals surface area contributed by atoms with Gasteiger partial charge in [0.25, 0.3) is 0 Å². The van der Waals surface area contributed by atoms with Gasteiger partial charge in [0.05, 0.1) is 12.0 Å². The average molecular weight is 351 g/mol. The maximum absolute atomic E-state index is 13.4. The summed E-state index contributed by atoms with van der Waals surface area (Å²) in [6.45, 7) is 6.69. The van der Waals surface area contributed by atoms with E-state index in [9.17, 15) is 4.79 Å². The summed E-state index contributed by atoms with van der Waals surface area (Å²) in [5.41, 5.74) is 3.69. The number of carbonyl (C=O) groups excluding carboxylic acids is 1. The molecule has 0 saturated heterocycles. The van der Waals surface area contributed by atoms with Crippen LogP contribution in [0.1, 0.15) is 55.7 Å². The Morgan fingerprint density at radius 2 is 1.65 bits per heavy atom. The number of hydrogen-bond donors (Lipinski definition) is 1. The standard InChI is InChI=1S/C23H29NO2/c1-4-26-21-17(2)15-20(16-18(21)3)24-22(25)23(13-9-6-10-14-23)19-11-7-5-8-12-19/h5,7-8,11-12,15-16H,4,6,9-10,13-14H2,1-3H3,(H,24,25). The topological polar surface area (TPSA) is 38.3 Å². The van der Waals surface area contributed by atoms with E-state index in [4.69, 9.17) is 4.74 Å². The second-order valence-corrected chi connectivity index (χ2v) is 7.34. The minimum absolute atomic E-state index is 0.117. The van der Waals surface area contributed by atoms with Gasteiger partial charge >= 0.3 is 0 Å². The van der Waals surface area contributed by atoms with Gasteiger partial charge in [-0.15, -0.1) is 0 Å². The number of carbonyl (C=O) groups is 1. The molecule has 0 spiro atoms. The molecule has 0 aliphatic heterocycles. The summed E-state index contributed by atoms with van der Waals surface area (Å²) < 4.78 is 5.72. The van der Waals surface area contributed by atoms with Gasteiger partial charge in [-0.05, 0) is 62.4 Å². The van der Waals surface area contributed by atoms with Crippen molar-refractivity contribution >= 4 is 11.6 Å². The van der Waals surface area contributed by atoms with Crippen LogP contribution in [0.5, 0.6) is 5.75 Å². The lowest BCUT2D eigenvalue weighted by atomic mass is 9.68. The third-order valence-corrected chi connectivity index (χ3v) is 5.48. The van der Waals surface area contributed by atoms with Crippen molar-refractivity contribution in [1.82, 2.24) is 0 Å². The molecule has 0 radical (unpaired) electrons. The lowest BCUT2D eigenvalue weighted by Gasteiger charge is -2.36. The summed E-state index contributed by atoms with van der Waals surface area (Å²) in [4.78, 5) is 13.4. The average Bonchev–Trinajstić information content (AvgIpc) is 2.66. The third-order valence-electron chi connectivity index (χ3n) is 5.48. The van der Waals surface area contributed by atoms with Crippen LogP contribution < -0.4 is 10.1 Å². The molecule has 26 heavy (non-hydrogen) atoms. The zero-order valence-corrected chi connectivity index (χ0v) is 16.1. The molecular formula is C23H29NO2. The van der Waals surface area contributed by atoms with Gasteiger partial charge in [-0.25, -0.2) is 0 Å². The minimum atomic E-state index is -0.417. The highest BCUT2D eigenvalue weighted by atomic mass is 16.5. The monoisotopic (exact) mass is 351 g/mol. The quantitative estimate of drug-likeness (QED) is 0.768. The van der Waals surface area contributed by atoms with E-state index in [1.54, 1.807) is 0 Å². The molecule has 1 saturated carbocycles. The molecule has 2 aromatic carbocycles. The van der Waals surface area contributed by atoms with E-state index in [2.05, 4.69) is 17.4 Å². The fraction of sp³-hybridized carbons (Fsp3) is 0.435. The first-order valence-corrected chi connectivity index (χ1v) is 9.68. The Bertz CT molecular complexity index is 738. The van der Waals surface area contributed by atoms with Crippen molar-refractivity contribution in [3.63, 3.8) is 0 Å². The van der Waals surface area contributed by atoms with Gasteiger partial charge in [-0.2, -0.15) is 0 Å². The van der Waals surface area contributed by atoms with E-state index in [0.717, 1.165) is 53.8 Å². The number of ether oxygens (including phenoxy) is 1. The summed E-state index contributed by atoms with van der Waals surface area (Å²) in [5, 5.41) is 3.21. The van der Waals surface area contributed by atoms with Gasteiger partial charge in [-0.1, -0.05) is 49.6 Å². The van der Waals surface area contributed by atoms with Crippen LogP contribution in [0.4, 0.5) is 5.69 Å². The van der Waals surface area contributed by atoms with Gasteiger partial charge in [0.2, 0.25) is 5.91 Å². The van der Waals surface area contributed by atoms with E-state index >= 15 is 0 Å². The fourth-order valence-electron chi connectivity index (χ4n) is 4.20. The summed E-state index contributed by atoms with van der Waals surface area (Å²) in [7, 11) is 0. The first-order valence-electron chi connectivity index (χ1n) is 9.68. The van der Waals surface area contributed by atoms with Crippen molar-refractivity contribution < 1.29 is 9.53 Å². The Balaban J connectivity index is 1.89. The highest BCUT2D eigenvalue weighted by molar-refractivity contribution is 5.99. The number of nitrogens with one attached hydrogen (secondary N) is 1. The van der Waals surface area contributed by atoms with Crippen LogP contribution in [-0.4, -0.2) is 12.5 Å². The summed E-state index contributed by atoms with van der Waals surface area (Å²) >= 11 is 0. The highest BCUT2D eigenvalue weighted by Crippen LogP contribution is 2.40. The lowest BCUT2D eigenvalue weighted by molar-refractivity contribution is -0.122. The van der Waals surface area contributed by atoms with Crippen molar-refractivity contribution in [3.8, 4) is 5.75 Å². The van der Waals surface area contributed by atoms with Crippen LogP contribution in [0, 0.1) is 13.8 Å². The first kappa shape index (κ1) is 18.5. The Hall–Kier alpha value is -2.29. The van der Waals surface area contributed by atoms with Gasteiger partial charge in [-0.3, -0.25) is 4.79 Å². The Morgan fingerprint density at radius 3 is 2.23 bits per heavy atom. The van der Waals surface area contributed by atoms with Crippen LogP contribution >= 0.6 is 0 Å². The predicted octanol–water partition coefficient (Wildman–Crippen LogP) is 5.54. The number of rotatable bonds is 5. The summed E-state index contributed by atoms with van der Waals surface area (Å²) in [6, 6.07) is 14.3. The zero-order chi connectivity index (χ0) is 18.6. The molecule has 1 amide bonds. The second-order valence-electron chi connectivity index (χ2n) is 7.34. The first-order chi connectivity index (χ1) is 12.6. The lowest BCUT2D eigenvalue weighted by Crippen LogP contribution is -2.42. The largest absolute Gasteiger partial charge is 0.493 e. The normalized spacial score (nSPS) is 16.1. The maximum Gasteiger partial charge on any atom is 0.235 e. The molecule has 0 heterocycles. The molecule has 2 aromatic rings. The van der Waals surface area contributed by atoms with E-state index in [0.29, 0.717) is 6.61 Å². The molecule has 0 unspecified atom stereocenters. The minimum Gasteiger partial charge on any atom is -0.493 e. The van der Waals surface area contributed by atoms with Crippen LogP contribution in [0.25, 0.3) is 0 Å². The van der Waals surface area contributed by atoms with Gasteiger partial charge < -0.3 is 10.1 Å². The molecule has 0 atom stereocenters. The fourth-order valence-corrected chi connectivity index (χ4v) is 4.20. The van der Waals surface area contributed by atoms with Crippen molar-refractivity contribution in [2.45, 2.75) is 58.3 Å². The predicted molar refractivity (Wildman–Crippen MR) is 107 cm³/mol. The molecule has 138 valence electrons. The molecule has 0 aromatic heterocycles. The molecule has 1 aliphatic rings. The van der Waals surface area contributed by atoms with Gasteiger partial charge in [0.1, 0.15) is 5.75 Å². The SMILES string of the molecule is CCOc1c(C)cc(NC(=O)C2(c3ccccc3)CCCCC2)cc1C. The van der Waals surface area contributed by atoms with E-state index in [1.165, 1.54) is 6.42 Å². The van der Waals surface area contributed by atoms with E-state index in [-0.39, 0.29) is 5.91 Å². The van der Waals surface area contributed by atoms with Crippen LogP contribution in [0.2, 0.25) is 0 Å². The molecule has 1 fully saturated rings. The van der Waals surface area contributed by atoms with Crippen molar-refractivity contribution in [1.29, 1.82) is 0 Å². The molecule has 3 heteroatoms. The van der Waals surface area contributed by atoms with Crippen LogP contribution in [0.3, 0.4) is 0 Å². The van der Waals surface area contributed by atoms with Gasteiger partial charge in [0.15, 0.2) is 0 Å². The number of anilines is 1. The second kappa shape index (κ2) is 7.94. The summed E-state index contributed by atoms with van der Waals surface area (Å²) in [6.07, 6.45) is 5.24. The molecular weight excluding hydrogens is 322 g/mol. The number of amides is 1. The number of hydrogen-bond acceptors (Lipinski definition) is 2. The van der Waals surface area contributed by atoms with E-state index < -0.39 is 5.41 Å². The number of aryl methyl sites for hydroxylation is 2. The van der Waals surface area contributed by atoms with Crippen LogP contribution in [0.15, 0.2) is 42.5 Å². The Labute approximate surface area is 156 Å². The molecule has 1 N–H and O–H groups in total. The summed E-state index contributed by atoms with van der Waals surface area (Å²) in [5.74, 6) is 1.03. The van der Waals surface area contributed by atoms with Crippen LogP contribution in [-0.2, 0) is 10.2 Å². The maximum atomic E-state index is 13.4. The van der Waals surface area contributed by atoms with Gasteiger partial charge in [0, 0.05) is 5.69 Å². The molecule has 1 aliphatic carbocycles. The molecule has 0 bridgehead atoms. The van der Waals surface area contributed by atoms with E-state index in [1.807, 2.05) is 51.1 Å². The molecule has 3 nitrogen and oxygen atoms in total. The smallest absolute Gasteiger partial charge is 0.235 e. The third kappa shape index (κ3) is 3.62. The highest BCUT2D eigenvalue weighted by Gasteiger charge is 2.41. The van der Waals surface area contributed by atoms with Crippen molar-refractivity contribution in [2.24, 2.45) is 0 Å². The van der Waals surface area contributed by atoms with Crippen molar-refractivity contribution in [3.05, 3.63) is 59.2 Å². The van der Waals surface area contributed by atoms with Crippen molar-refractivity contribution in [2.75, 3.05) is 11.9 Å². The Kier molecular flexibility index (Phi) is 5.65. The number of benzene rings is 2. The molecule has 3 rings (SSSR count). The zero-order valence-electron chi connectivity index (χ0n) is 16.1. The Morgan fingerprint density at radius 1 is 1.04 bits per heavy atom.